The number of carbonyl (C=O) groups is 1. The molecule has 9 heteroatoms. The molecule has 0 aliphatic heterocycles. The minimum absolute atomic E-state index is 0.0159. The number of hydrogen-bond acceptors (Lipinski definition) is 5. The minimum Gasteiger partial charge on any atom is -0.361 e. The first-order valence-corrected chi connectivity index (χ1v) is 10.2. The highest BCUT2D eigenvalue weighted by Gasteiger charge is 2.30. The summed E-state index contributed by atoms with van der Waals surface area (Å²) in [4.78, 5) is 16.8. The molecular formula is C22H18F3N3O2S. The number of benzene rings is 1. The second kappa shape index (κ2) is 9.71. The van der Waals surface area contributed by atoms with Crippen molar-refractivity contribution in [2.24, 2.45) is 0 Å². The number of aromatic nitrogens is 2. The van der Waals surface area contributed by atoms with Gasteiger partial charge in [0.2, 0.25) is 0 Å². The molecule has 0 saturated carbocycles. The van der Waals surface area contributed by atoms with Crippen LogP contribution in [0.15, 0.2) is 52.1 Å². The summed E-state index contributed by atoms with van der Waals surface area (Å²) in [6, 6.07) is 8.04. The van der Waals surface area contributed by atoms with Crippen molar-refractivity contribution in [1.82, 2.24) is 15.5 Å². The first-order chi connectivity index (χ1) is 14.8. The molecule has 0 radical (unpaired) electrons. The van der Waals surface area contributed by atoms with Gasteiger partial charge in [-0.05, 0) is 44.2 Å². The van der Waals surface area contributed by atoms with Gasteiger partial charge in [0, 0.05) is 23.1 Å². The molecule has 0 bridgehead atoms. The van der Waals surface area contributed by atoms with Crippen molar-refractivity contribution >= 4 is 17.7 Å². The number of thioether (sulfide) groups is 1. The van der Waals surface area contributed by atoms with Crippen molar-refractivity contribution in [2.45, 2.75) is 30.8 Å². The third-order valence-electron chi connectivity index (χ3n) is 4.31. The van der Waals surface area contributed by atoms with Gasteiger partial charge < -0.3 is 9.84 Å². The van der Waals surface area contributed by atoms with E-state index in [2.05, 4.69) is 27.3 Å². The van der Waals surface area contributed by atoms with E-state index in [4.69, 9.17) is 4.52 Å². The minimum atomic E-state index is -4.43. The van der Waals surface area contributed by atoms with Gasteiger partial charge >= 0.3 is 6.18 Å². The highest BCUT2D eigenvalue weighted by molar-refractivity contribution is 7.98. The van der Waals surface area contributed by atoms with E-state index >= 15 is 0 Å². The first kappa shape index (κ1) is 22.4. The second-order valence-corrected chi connectivity index (χ2v) is 7.47. The summed E-state index contributed by atoms with van der Waals surface area (Å²) < 4.78 is 43.4. The summed E-state index contributed by atoms with van der Waals surface area (Å²) in [5.41, 5.74) is 1.59. The lowest BCUT2D eigenvalue weighted by atomic mass is 10.1. The van der Waals surface area contributed by atoms with Crippen LogP contribution in [0.2, 0.25) is 0 Å². The Hall–Kier alpha value is -3.25. The lowest BCUT2D eigenvalue weighted by Crippen LogP contribution is -2.24. The predicted molar refractivity (Wildman–Crippen MR) is 110 cm³/mol. The van der Waals surface area contributed by atoms with E-state index in [0.717, 1.165) is 29.2 Å². The molecular weight excluding hydrogens is 427 g/mol. The summed E-state index contributed by atoms with van der Waals surface area (Å²) in [5.74, 6) is 6.21. The van der Waals surface area contributed by atoms with Crippen LogP contribution in [0.4, 0.5) is 13.2 Å². The van der Waals surface area contributed by atoms with Crippen LogP contribution in [0, 0.1) is 25.7 Å². The monoisotopic (exact) mass is 445 g/mol. The van der Waals surface area contributed by atoms with Crippen LogP contribution in [0.1, 0.15) is 38.5 Å². The summed E-state index contributed by atoms with van der Waals surface area (Å²) in [5, 5.41) is 7.11. The van der Waals surface area contributed by atoms with Crippen molar-refractivity contribution in [2.75, 3.05) is 6.54 Å². The summed E-state index contributed by atoms with van der Waals surface area (Å²) >= 11 is 1.39. The maximum absolute atomic E-state index is 12.8. The Balaban J connectivity index is 1.63. The molecule has 0 unspecified atom stereocenters. The van der Waals surface area contributed by atoms with Crippen LogP contribution < -0.4 is 5.32 Å². The van der Waals surface area contributed by atoms with E-state index in [9.17, 15) is 18.0 Å². The molecule has 2 aromatic heterocycles. The number of nitrogens with one attached hydrogen (secondary N) is 1. The standard InChI is InChI=1S/C22H18F3N3O2S/c1-14-19(15(2)30-28-14)13-31-21-18(9-5-11-27-21)20(29)26-10-4-7-16-6-3-8-17(12-16)22(23,24)25/h3,5-6,8-9,11-12H,10,13H2,1-2H3,(H,26,29). The molecule has 1 N–H and O–H groups in total. The predicted octanol–water partition coefficient (Wildman–Crippen LogP) is 4.78. The molecule has 0 saturated heterocycles. The zero-order chi connectivity index (χ0) is 22.4. The van der Waals surface area contributed by atoms with Gasteiger partial charge in [-0.1, -0.05) is 23.1 Å². The molecule has 5 nitrogen and oxygen atoms in total. The SMILES string of the molecule is Cc1noc(C)c1CSc1ncccc1C(=O)NCC#Cc1cccc(C(F)(F)F)c1. The number of carbonyl (C=O) groups excluding carboxylic acids is 1. The highest BCUT2D eigenvalue weighted by Crippen LogP contribution is 2.29. The van der Waals surface area contributed by atoms with Crippen molar-refractivity contribution in [1.29, 1.82) is 0 Å². The third-order valence-corrected chi connectivity index (χ3v) is 5.34. The van der Waals surface area contributed by atoms with E-state index in [1.54, 1.807) is 18.3 Å². The summed E-state index contributed by atoms with van der Waals surface area (Å²) in [6.45, 7) is 3.66. The number of rotatable bonds is 5. The fraction of sp³-hybridized carbons (Fsp3) is 0.227. The fourth-order valence-electron chi connectivity index (χ4n) is 2.67. The molecule has 31 heavy (non-hydrogen) atoms. The quantitative estimate of drug-likeness (QED) is 0.452. The van der Waals surface area contributed by atoms with E-state index in [1.807, 2.05) is 13.8 Å². The van der Waals surface area contributed by atoms with Gasteiger partial charge in [-0.25, -0.2) is 4.98 Å². The van der Waals surface area contributed by atoms with Crippen LogP contribution in [0.3, 0.4) is 0 Å². The molecule has 0 aliphatic carbocycles. The number of amides is 1. The maximum Gasteiger partial charge on any atom is 0.416 e. The number of nitrogens with zero attached hydrogens (tertiary/aromatic N) is 2. The molecule has 0 fully saturated rings. The first-order valence-electron chi connectivity index (χ1n) is 9.19. The van der Waals surface area contributed by atoms with E-state index < -0.39 is 11.7 Å². The Labute approximate surface area is 181 Å². The molecule has 0 atom stereocenters. The zero-order valence-corrected chi connectivity index (χ0v) is 17.5. The highest BCUT2D eigenvalue weighted by atomic mass is 32.2. The van der Waals surface area contributed by atoms with Crippen LogP contribution in [0.25, 0.3) is 0 Å². The maximum atomic E-state index is 12.8. The van der Waals surface area contributed by atoms with Gasteiger partial charge in [-0.3, -0.25) is 4.79 Å². The van der Waals surface area contributed by atoms with Gasteiger partial charge in [0.25, 0.3) is 5.91 Å². The van der Waals surface area contributed by atoms with E-state index in [1.165, 1.54) is 23.9 Å². The number of hydrogen-bond donors (Lipinski definition) is 1. The van der Waals surface area contributed by atoms with Gasteiger partial charge in [-0.15, -0.1) is 11.8 Å². The van der Waals surface area contributed by atoms with Crippen LogP contribution in [0.5, 0.6) is 0 Å². The van der Waals surface area contributed by atoms with Crippen LogP contribution >= 0.6 is 11.8 Å². The van der Waals surface area contributed by atoms with E-state index in [0.29, 0.717) is 16.3 Å². The van der Waals surface area contributed by atoms with Crippen molar-refractivity contribution < 1.29 is 22.5 Å². The molecule has 3 rings (SSSR count). The average molecular weight is 445 g/mol. The molecule has 1 aromatic carbocycles. The largest absolute Gasteiger partial charge is 0.416 e. The number of halogens is 3. The smallest absolute Gasteiger partial charge is 0.361 e. The Morgan fingerprint density at radius 3 is 2.74 bits per heavy atom. The normalized spacial score (nSPS) is 11.0. The van der Waals surface area contributed by atoms with Gasteiger partial charge in [-0.2, -0.15) is 13.2 Å². The number of aryl methyl sites for hydroxylation is 2. The zero-order valence-electron chi connectivity index (χ0n) is 16.7. The molecule has 1 amide bonds. The second-order valence-electron chi connectivity index (χ2n) is 6.51. The van der Waals surface area contributed by atoms with Crippen molar-refractivity contribution in [3.05, 3.63) is 76.3 Å². The van der Waals surface area contributed by atoms with E-state index in [-0.39, 0.29) is 18.0 Å². The Morgan fingerprint density at radius 2 is 2.03 bits per heavy atom. The lowest BCUT2D eigenvalue weighted by Gasteiger charge is -2.07. The molecule has 2 heterocycles. The number of pyridine rings is 1. The van der Waals surface area contributed by atoms with Gasteiger partial charge in [0.05, 0.1) is 23.4 Å². The Morgan fingerprint density at radius 1 is 1.23 bits per heavy atom. The van der Waals surface area contributed by atoms with Crippen molar-refractivity contribution in [3.63, 3.8) is 0 Å². The topological polar surface area (TPSA) is 68.0 Å². The van der Waals surface area contributed by atoms with Gasteiger partial charge in [0.15, 0.2) is 0 Å². The number of alkyl halides is 3. The Bertz CT molecular complexity index is 1130. The van der Waals surface area contributed by atoms with Crippen LogP contribution in [-0.4, -0.2) is 22.6 Å². The fourth-order valence-corrected chi connectivity index (χ4v) is 3.81. The lowest BCUT2D eigenvalue weighted by molar-refractivity contribution is -0.137. The summed E-state index contributed by atoms with van der Waals surface area (Å²) in [6.07, 6.45) is -2.83. The molecule has 160 valence electrons. The molecule has 0 spiro atoms. The third kappa shape index (κ3) is 5.89. The molecule has 3 aromatic rings. The Kier molecular flexibility index (Phi) is 7.02. The van der Waals surface area contributed by atoms with Crippen molar-refractivity contribution in [3.8, 4) is 11.8 Å². The summed E-state index contributed by atoms with van der Waals surface area (Å²) in [7, 11) is 0. The average Bonchev–Trinajstić information content (AvgIpc) is 3.06. The molecule has 0 aliphatic rings. The van der Waals surface area contributed by atoms with Gasteiger partial charge in [0.1, 0.15) is 10.8 Å². The van der Waals surface area contributed by atoms with Crippen LogP contribution in [-0.2, 0) is 11.9 Å².